The average molecular weight is 342 g/mol. The molecular formula is C17H21ClFNO3. The summed E-state index contributed by atoms with van der Waals surface area (Å²) in [5, 5.41) is 10.5. The van der Waals surface area contributed by atoms with E-state index < -0.39 is 11.9 Å². The molecule has 0 spiro atoms. The summed E-state index contributed by atoms with van der Waals surface area (Å²) in [6.07, 6.45) is 1.85. The van der Waals surface area contributed by atoms with Crippen molar-refractivity contribution in [2.75, 3.05) is 19.8 Å². The predicted molar refractivity (Wildman–Crippen MR) is 84.8 cm³/mol. The Morgan fingerprint density at radius 3 is 3.00 bits per heavy atom. The highest BCUT2D eigenvalue weighted by molar-refractivity contribution is 6.31. The highest BCUT2D eigenvalue weighted by Crippen LogP contribution is 2.31. The van der Waals surface area contributed by atoms with Gasteiger partial charge in [0.15, 0.2) is 0 Å². The Bertz CT molecular complexity index is 563. The smallest absolute Gasteiger partial charge is 0.227 e. The number of carbonyl (C=O) groups is 1. The standard InChI is InChI=1S/C17H21ClFNO3/c18-13-3-1-4-14(19)11(13)9-17(22)20-7-2-5-15(20)12-10-23-8-6-16(12)21/h1,3-4,12,15-16,21H,2,5-10H2/t12-,15+,16+/m0/s1. The second-order valence-electron chi connectivity index (χ2n) is 6.27. The molecule has 2 fully saturated rings. The lowest BCUT2D eigenvalue weighted by atomic mass is 9.89. The van der Waals surface area contributed by atoms with Gasteiger partial charge in [-0.2, -0.15) is 0 Å². The normalized spacial score (nSPS) is 28.1. The van der Waals surface area contributed by atoms with Crippen LogP contribution >= 0.6 is 11.6 Å². The van der Waals surface area contributed by atoms with Crippen LogP contribution in [0.25, 0.3) is 0 Å². The number of amides is 1. The van der Waals surface area contributed by atoms with Gasteiger partial charge in [-0.1, -0.05) is 17.7 Å². The SMILES string of the molecule is O=C(Cc1c(F)cccc1Cl)N1CCC[C@@H]1[C@@H]1COCC[C@H]1O. The van der Waals surface area contributed by atoms with E-state index in [0.29, 0.717) is 26.2 Å². The molecule has 23 heavy (non-hydrogen) atoms. The van der Waals surface area contributed by atoms with Gasteiger partial charge in [-0.05, 0) is 31.4 Å². The fourth-order valence-corrected chi connectivity index (χ4v) is 3.85. The second kappa shape index (κ2) is 7.16. The van der Waals surface area contributed by atoms with Gasteiger partial charge in [0.25, 0.3) is 0 Å². The molecule has 0 saturated carbocycles. The number of aliphatic hydroxyl groups is 1. The topological polar surface area (TPSA) is 49.8 Å². The lowest BCUT2D eigenvalue weighted by Crippen LogP contribution is -2.48. The Labute approximate surface area is 140 Å². The maximum atomic E-state index is 13.9. The van der Waals surface area contributed by atoms with E-state index in [-0.39, 0.29) is 34.9 Å². The Hall–Kier alpha value is -1.17. The molecule has 2 aliphatic rings. The summed E-state index contributed by atoms with van der Waals surface area (Å²) < 4.78 is 19.4. The first-order chi connectivity index (χ1) is 11.1. The minimum Gasteiger partial charge on any atom is -0.393 e. The number of rotatable bonds is 3. The molecule has 2 heterocycles. The van der Waals surface area contributed by atoms with E-state index in [1.807, 2.05) is 0 Å². The van der Waals surface area contributed by atoms with Crippen molar-refractivity contribution in [3.05, 3.63) is 34.6 Å². The molecule has 6 heteroatoms. The Kier molecular flexibility index (Phi) is 5.19. The van der Waals surface area contributed by atoms with E-state index in [9.17, 15) is 14.3 Å². The van der Waals surface area contributed by atoms with Crippen molar-refractivity contribution >= 4 is 17.5 Å². The zero-order valence-electron chi connectivity index (χ0n) is 12.9. The minimum absolute atomic E-state index is 0.0386. The number of ether oxygens (including phenoxy) is 1. The number of hydrogen-bond donors (Lipinski definition) is 1. The van der Waals surface area contributed by atoms with Crippen molar-refractivity contribution in [2.45, 2.75) is 37.8 Å². The van der Waals surface area contributed by atoms with Crippen molar-refractivity contribution in [1.29, 1.82) is 0 Å². The van der Waals surface area contributed by atoms with Gasteiger partial charge in [0.05, 0.1) is 19.1 Å². The number of halogens is 2. The van der Waals surface area contributed by atoms with Crippen LogP contribution in [-0.2, 0) is 16.0 Å². The molecule has 0 bridgehead atoms. The highest BCUT2D eigenvalue weighted by Gasteiger charge is 2.39. The van der Waals surface area contributed by atoms with Crippen LogP contribution < -0.4 is 0 Å². The Morgan fingerprint density at radius 1 is 1.43 bits per heavy atom. The fourth-order valence-electron chi connectivity index (χ4n) is 3.62. The molecule has 1 amide bonds. The number of carbonyl (C=O) groups excluding carboxylic acids is 1. The third-order valence-corrected chi connectivity index (χ3v) is 5.22. The first-order valence-electron chi connectivity index (χ1n) is 8.06. The molecule has 126 valence electrons. The van der Waals surface area contributed by atoms with Crippen LogP contribution in [0.2, 0.25) is 5.02 Å². The van der Waals surface area contributed by atoms with Crippen LogP contribution in [-0.4, -0.2) is 47.8 Å². The number of hydrogen-bond acceptors (Lipinski definition) is 3. The van der Waals surface area contributed by atoms with Crippen molar-refractivity contribution in [3.63, 3.8) is 0 Å². The summed E-state index contributed by atoms with van der Waals surface area (Å²) in [6, 6.07) is 4.39. The molecule has 3 rings (SSSR count). The Morgan fingerprint density at radius 2 is 2.26 bits per heavy atom. The zero-order valence-corrected chi connectivity index (χ0v) is 13.6. The third-order valence-electron chi connectivity index (χ3n) is 4.87. The van der Waals surface area contributed by atoms with Crippen LogP contribution in [0.4, 0.5) is 4.39 Å². The summed E-state index contributed by atoms with van der Waals surface area (Å²) in [4.78, 5) is 14.4. The van der Waals surface area contributed by atoms with Gasteiger partial charge in [0, 0.05) is 35.7 Å². The van der Waals surface area contributed by atoms with Crippen LogP contribution in [0, 0.1) is 11.7 Å². The maximum absolute atomic E-state index is 13.9. The van der Waals surface area contributed by atoms with Gasteiger partial charge in [-0.25, -0.2) is 4.39 Å². The number of likely N-dealkylation sites (tertiary alicyclic amines) is 1. The molecule has 3 atom stereocenters. The fraction of sp³-hybridized carbons (Fsp3) is 0.588. The van der Waals surface area contributed by atoms with Crippen molar-refractivity contribution in [3.8, 4) is 0 Å². The van der Waals surface area contributed by atoms with Gasteiger partial charge in [0.1, 0.15) is 5.82 Å². The summed E-state index contributed by atoms with van der Waals surface area (Å²) in [5.74, 6) is -0.661. The van der Waals surface area contributed by atoms with Crippen molar-refractivity contribution in [1.82, 2.24) is 4.90 Å². The van der Waals surface area contributed by atoms with E-state index in [1.165, 1.54) is 12.1 Å². The zero-order chi connectivity index (χ0) is 16.4. The molecule has 4 nitrogen and oxygen atoms in total. The third kappa shape index (κ3) is 3.52. The van der Waals surface area contributed by atoms with E-state index in [0.717, 1.165) is 12.8 Å². The highest BCUT2D eigenvalue weighted by atomic mass is 35.5. The van der Waals surface area contributed by atoms with Crippen LogP contribution in [0.3, 0.4) is 0 Å². The van der Waals surface area contributed by atoms with E-state index >= 15 is 0 Å². The molecule has 0 unspecified atom stereocenters. The lowest BCUT2D eigenvalue weighted by molar-refractivity contribution is -0.135. The van der Waals surface area contributed by atoms with Gasteiger partial charge < -0.3 is 14.7 Å². The van der Waals surface area contributed by atoms with Gasteiger partial charge in [-0.15, -0.1) is 0 Å². The van der Waals surface area contributed by atoms with Crippen LogP contribution in [0.1, 0.15) is 24.8 Å². The number of aliphatic hydroxyl groups excluding tert-OH is 1. The predicted octanol–water partition coefficient (Wildman–Crippen LogP) is 2.41. The lowest BCUT2D eigenvalue weighted by Gasteiger charge is -2.37. The minimum atomic E-state index is -0.456. The van der Waals surface area contributed by atoms with Crippen molar-refractivity contribution < 1.29 is 19.0 Å². The van der Waals surface area contributed by atoms with E-state index in [2.05, 4.69) is 0 Å². The summed E-state index contributed by atoms with van der Waals surface area (Å²) in [7, 11) is 0. The summed E-state index contributed by atoms with van der Waals surface area (Å²) in [5.41, 5.74) is 0.241. The largest absolute Gasteiger partial charge is 0.393 e. The molecule has 1 N–H and O–H groups in total. The van der Waals surface area contributed by atoms with Gasteiger partial charge in [0.2, 0.25) is 5.91 Å². The van der Waals surface area contributed by atoms with E-state index in [4.69, 9.17) is 16.3 Å². The Balaban J connectivity index is 1.73. The molecule has 0 aliphatic carbocycles. The first kappa shape index (κ1) is 16.7. The average Bonchev–Trinajstić information content (AvgIpc) is 3.01. The van der Waals surface area contributed by atoms with Crippen molar-refractivity contribution in [2.24, 2.45) is 5.92 Å². The maximum Gasteiger partial charge on any atom is 0.227 e. The molecule has 1 aromatic rings. The number of benzene rings is 1. The quantitative estimate of drug-likeness (QED) is 0.918. The molecular weight excluding hydrogens is 321 g/mol. The van der Waals surface area contributed by atoms with Crippen LogP contribution in [0.15, 0.2) is 18.2 Å². The molecule has 0 radical (unpaired) electrons. The summed E-state index contributed by atoms with van der Waals surface area (Å²) >= 11 is 6.02. The van der Waals surface area contributed by atoms with E-state index in [1.54, 1.807) is 11.0 Å². The molecule has 1 aromatic carbocycles. The monoisotopic (exact) mass is 341 g/mol. The molecule has 2 saturated heterocycles. The van der Waals surface area contributed by atoms with Gasteiger partial charge >= 0.3 is 0 Å². The first-order valence-corrected chi connectivity index (χ1v) is 8.44. The second-order valence-corrected chi connectivity index (χ2v) is 6.68. The number of nitrogens with zero attached hydrogens (tertiary/aromatic N) is 1. The molecule has 0 aromatic heterocycles. The van der Waals surface area contributed by atoms with Crippen LogP contribution in [0.5, 0.6) is 0 Å². The molecule has 2 aliphatic heterocycles. The van der Waals surface area contributed by atoms with Gasteiger partial charge in [-0.3, -0.25) is 4.79 Å². The summed E-state index contributed by atoms with van der Waals surface area (Å²) in [6.45, 7) is 1.66.